The maximum atomic E-state index is 13.0. The van der Waals surface area contributed by atoms with Gasteiger partial charge >= 0.3 is 0 Å². The second-order valence-corrected chi connectivity index (χ2v) is 24.5. The van der Waals surface area contributed by atoms with Gasteiger partial charge in [0.25, 0.3) is 7.82 Å². The molecule has 3 unspecified atom stereocenters. The zero-order valence-electron chi connectivity index (χ0n) is 49.4. The van der Waals surface area contributed by atoms with E-state index in [1.165, 1.54) is 257 Å². The molecule has 8 nitrogen and oxygen atoms in total. The fourth-order valence-corrected chi connectivity index (χ4v) is 10.3. The average Bonchev–Trinajstić information content (AvgIpc) is 3.35. The van der Waals surface area contributed by atoms with E-state index in [0.29, 0.717) is 17.4 Å². The van der Waals surface area contributed by atoms with Crippen molar-refractivity contribution >= 4 is 13.7 Å². The summed E-state index contributed by atoms with van der Waals surface area (Å²) in [4.78, 5) is 25.5. The molecule has 0 fully saturated rings. The molecule has 432 valence electrons. The number of hydrogen-bond donors (Lipinski definition) is 2. The molecule has 0 aliphatic rings. The lowest BCUT2D eigenvalue weighted by molar-refractivity contribution is -0.870. The minimum absolute atomic E-state index is 0.00598. The first-order valence-electron chi connectivity index (χ1n) is 31.9. The van der Waals surface area contributed by atoms with Crippen molar-refractivity contribution in [3.63, 3.8) is 0 Å². The normalized spacial score (nSPS) is 14.0. The predicted molar refractivity (Wildman–Crippen MR) is 316 cm³/mol. The molecule has 3 atom stereocenters. The second-order valence-electron chi connectivity index (χ2n) is 23.1. The molecule has 9 heteroatoms. The lowest BCUT2D eigenvalue weighted by Gasteiger charge is -2.29. The van der Waals surface area contributed by atoms with Gasteiger partial charge in [0, 0.05) is 6.42 Å². The molecule has 0 aromatic carbocycles. The van der Waals surface area contributed by atoms with Gasteiger partial charge in [-0.3, -0.25) is 9.36 Å². The van der Waals surface area contributed by atoms with E-state index in [9.17, 15) is 19.4 Å². The van der Waals surface area contributed by atoms with Gasteiger partial charge in [-0.2, -0.15) is 0 Å². The topological polar surface area (TPSA) is 108 Å². The van der Waals surface area contributed by atoms with Crippen LogP contribution in [0.5, 0.6) is 0 Å². The Morgan fingerprint density at radius 2 is 0.767 bits per heavy atom. The van der Waals surface area contributed by atoms with Gasteiger partial charge in [-0.05, 0) is 57.8 Å². The Bertz CT molecular complexity index is 1280. The van der Waals surface area contributed by atoms with Crippen LogP contribution in [0.4, 0.5) is 0 Å². The summed E-state index contributed by atoms with van der Waals surface area (Å²) in [5, 5.41) is 13.9. The molecule has 0 radical (unpaired) electrons. The number of carbonyl (C=O) groups is 1. The van der Waals surface area contributed by atoms with Crippen LogP contribution >= 0.6 is 7.82 Å². The van der Waals surface area contributed by atoms with Crippen LogP contribution in [0.1, 0.15) is 316 Å². The number of phosphoric ester groups is 1. The molecular formula is C64H125N2O6P. The predicted octanol–water partition coefficient (Wildman–Crippen LogP) is 19.1. The van der Waals surface area contributed by atoms with E-state index in [-0.39, 0.29) is 12.5 Å². The summed E-state index contributed by atoms with van der Waals surface area (Å²) in [5.41, 5.74) is 0. The van der Waals surface area contributed by atoms with Gasteiger partial charge in [-0.15, -0.1) is 0 Å². The van der Waals surface area contributed by atoms with Crippen LogP contribution in [0.2, 0.25) is 0 Å². The van der Waals surface area contributed by atoms with Crippen molar-refractivity contribution in [2.24, 2.45) is 0 Å². The summed E-state index contributed by atoms with van der Waals surface area (Å²) >= 11 is 0. The van der Waals surface area contributed by atoms with Crippen LogP contribution in [-0.2, 0) is 18.4 Å². The molecule has 0 saturated carbocycles. The second kappa shape index (κ2) is 55.5. The fourth-order valence-electron chi connectivity index (χ4n) is 9.58. The van der Waals surface area contributed by atoms with Crippen molar-refractivity contribution in [3.8, 4) is 0 Å². The molecule has 0 aliphatic carbocycles. The van der Waals surface area contributed by atoms with E-state index >= 15 is 0 Å². The highest BCUT2D eigenvalue weighted by atomic mass is 31.2. The standard InChI is InChI=1S/C64H125N2O6P/c1-6-8-10-12-14-16-18-20-22-24-26-27-28-29-30-31-32-33-34-35-36-37-38-40-41-43-45-47-49-51-53-55-57-63(67)62(61-72-73(69,70)71-60-59-66(3,4)5)65-64(68)58-56-54-52-50-48-46-44-42-39-25-23-21-19-17-15-13-11-9-7-2/h21,23,47,49,55,57,62-63,67H,6-20,22,24-46,48,50-54,56,58-61H2,1-5H3,(H-,65,68,69,70)/b23-21-,49-47+,57-55+. The highest BCUT2D eigenvalue weighted by molar-refractivity contribution is 7.45. The van der Waals surface area contributed by atoms with Gasteiger partial charge in [0.2, 0.25) is 5.91 Å². The Hall–Kier alpha value is -1.28. The molecule has 0 bridgehead atoms. The number of aliphatic hydroxyl groups excluding tert-OH is 1. The lowest BCUT2D eigenvalue weighted by atomic mass is 10.0. The Morgan fingerprint density at radius 1 is 0.466 bits per heavy atom. The fraction of sp³-hybridized carbons (Fsp3) is 0.891. The number of aliphatic hydroxyl groups is 1. The van der Waals surface area contributed by atoms with Gasteiger partial charge in [0.05, 0.1) is 39.9 Å². The van der Waals surface area contributed by atoms with E-state index in [0.717, 1.165) is 38.5 Å². The molecule has 0 aromatic rings. The summed E-state index contributed by atoms with van der Waals surface area (Å²) in [6.45, 7) is 4.66. The van der Waals surface area contributed by atoms with Gasteiger partial charge in [-0.25, -0.2) is 0 Å². The van der Waals surface area contributed by atoms with Gasteiger partial charge < -0.3 is 28.8 Å². The third-order valence-corrected chi connectivity index (χ3v) is 15.5. The summed E-state index contributed by atoms with van der Waals surface area (Å²) in [6.07, 6.45) is 72.5. The number of rotatable bonds is 59. The number of hydrogen-bond acceptors (Lipinski definition) is 6. The van der Waals surface area contributed by atoms with Crippen LogP contribution < -0.4 is 10.2 Å². The molecule has 0 aliphatic heterocycles. The van der Waals surface area contributed by atoms with Crippen molar-refractivity contribution < 1.29 is 32.9 Å². The first kappa shape index (κ1) is 71.7. The zero-order valence-corrected chi connectivity index (χ0v) is 50.3. The number of unbranched alkanes of at least 4 members (excludes halogenated alkanes) is 42. The number of nitrogens with zero attached hydrogens (tertiary/aromatic N) is 1. The zero-order chi connectivity index (χ0) is 53.5. The van der Waals surface area contributed by atoms with Gasteiger partial charge in [-0.1, -0.05) is 288 Å². The molecule has 73 heavy (non-hydrogen) atoms. The number of nitrogens with one attached hydrogen (secondary N) is 1. The van der Waals surface area contributed by atoms with Crippen LogP contribution in [0, 0.1) is 0 Å². The van der Waals surface area contributed by atoms with Crippen molar-refractivity contribution in [2.45, 2.75) is 328 Å². The number of likely N-dealkylation sites (N-methyl/N-ethyl adjacent to an activating group) is 1. The lowest BCUT2D eigenvalue weighted by Crippen LogP contribution is -2.45. The van der Waals surface area contributed by atoms with Crippen molar-refractivity contribution in [1.82, 2.24) is 5.32 Å². The molecule has 1 amide bonds. The van der Waals surface area contributed by atoms with Crippen LogP contribution in [0.3, 0.4) is 0 Å². The van der Waals surface area contributed by atoms with Gasteiger partial charge in [0.15, 0.2) is 0 Å². The summed E-state index contributed by atoms with van der Waals surface area (Å²) in [5.74, 6) is -0.206. The highest BCUT2D eigenvalue weighted by Gasteiger charge is 2.23. The van der Waals surface area contributed by atoms with E-state index in [2.05, 4.69) is 43.5 Å². The smallest absolute Gasteiger partial charge is 0.268 e. The first-order valence-corrected chi connectivity index (χ1v) is 33.3. The average molecular weight is 1050 g/mol. The summed E-state index contributed by atoms with van der Waals surface area (Å²) < 4.78 is 23.4. The van der Waals surface area contributed by atoms with E-state index in [4.69, 9.17) is 9.05 Å². The molecule has 0 spiro atoms. The Kier molecular flexibility index (Phi) is 54.5. The molecule has 0 heterocycles. The molecule has 0 aromatic heterocycles. The first-order chi connectivity index (χ1) is 35.5. The van der Waals surface area contributed by atoms with Crippen molar-refractivity contribution in [2.75, 3.05) is 40.9 Å². The largest absolute Gasteiger partial charge is 0.756 e. The quantitative estimate of drug-likeness (QED) is 0.0272. The maximum absolute atomic E-state index is 13.0. The van der Waals surface area contributed by atoms with E-state index in [1.54, 1.807) is 6.08 Å². The van der Waals surface area contributed by atoms with E-state index in [1.807, 2.05) is 27.2 Å². The van der Waals surface area contributed by atoms with Crippen molar-refractivity contribution in [3.05, 3.63) is 36.5 Å². The Morgan fingerprint density at radius 3 is 1.11 bits per heavy atom. The van der Waals surface area contributed by atoms with E-state index < -0.39 is 26.6 Å². The highest BCUT2D eigenvalue weighted by Crippen LogP contribution is 2.38. The molecule has 0 rings (SSSR count). The van der Waals surface area contributed by atoms with Gasteiger partial charge in [0.1, 0.15) is 13.2 Å². The van der Waals surface area contributed by atoms with Crippen LogP contribution in [0.15, 0.2) is 36.5 Å². The minimum Gasteiger partial charge on any atom is -0.756 e. The van der Waals surface area contributed by atoms with Crippen LogP contribution in [-0.4, -0.2) is 68.5 Å². The van der Waals surface area contributed by atoms with Crippen LogP contribution in [0.25, 0.3) is 0 Å². The SMILES string of the molecule is CCCCCCCC/C=C\CCCCCCCCCCCC(=O)NC(COP(=O)([O-])OCC[N+](C)(C)C)C(O)/C=C/CC/C=C/CCCCCCCCCCCCCCCCCCCCCCCCCCCC. The number of carbonyl (C=O) groups excluding carboxylic acids is 1. The number of amides is 1. The Labute approximate surface area is 455 Å². The third kappa shape index (κ3) is 58.2. The molecule has 0 saturated heterocycles. The summed E-state index contributed by atoms with van der Waals surface area (Å²) in [6, 6.07) is -0.905. The monoisotopic (exact) mass is 1050 g/mol. The summed E-state index contributed by atoms with van der Waals surface area (Å²) in [7, 11) is 1.25. The molecule has 2 N–H and O–H groups in total. The minimum atomic E-state index is -4.61. The third-order valence-electron chi connectivity index (χ3n) is 14.6. The maximum Gasteiger partial charge on any atom is 0.268 e. The Balaban J connectivity index is 4.12. The number of quaternary nitrogens is 1. The number of allylic oxidation sites excluding steroid dienone is 5. The number of phosphoric acid groups is 1. The molecular weight excluding hydrogens is 924 g/mol. The van der Waals surface area contributed by atoms with Crippen molar-refractivity contribution in [1.29, 1.82) is 0 Å².